The van der Waals surface area contributed by atoms with Crippen LogP contribution in [0.5, 0.6) is 0 Å². The van der Waals surface area contributed by atoms with Crippen molar-refractivity contribution in [3.8, 4) is 11.5 Å². The van der Waals surface area contributed by atoms with Crippen molar-refractivity contribution >= 4 is 16.2 Å². The average Bonchev–Trinajstić information content (AvgIpc) is 2.71. The summed E-state index contributed by atoms with van der Waals surface area (Å²) in [5.74, 6) is 0.720. The molecular formula is C7H4N4S. The molecule has 0 fully saturated rings. The second-order valence-electron chi connectivity index (χ2n) is 2.41. The van der Waals surface area contributed by atoms with Gasteiger partial charge in [0.25, 0.3) is 0 Å². The van der Waals surface area contributed by atoms with Gasteiger partial charge in [-0.3, -0.25) is 4.40 Å². The third-order valence-corrected chi connectivity index (χ3v) is 2.61. The van der Waals surface area contributed by atoms with Crippen molar-refractivity contribution < 1.29 is 0 Å². The highest BCUT2D eigenvalue weighted by atomic mass is 32.1. The van der Waals surface area contributed by atoms with Crippen LogP contribution in [0, 0.1) is 0 Å². The normalized spacial score (nSPS) is 11.3. The minimum absolute atomic E-state index is 0.720. The van der Waals surface area contributed by atoms with Gasteiger partial charge in [-0.05, 0) is 0 Å². The molecule has 5 heteroatoms. The molecule has 12 heavy (non-hydrogen) atoms. The first kappa shape index (κ1) is 6.07. The molecule has 1 aromatic heterocycles. The summed E-state index contributed by atoms with van der Waals surface area (Å²) in [5.41, 5.74) is 0.882. The number of fused-ring (bicyclic) bond motifs is 3. The van der Waals surface area contributed by atoms with Crippen LogP contribution in [0.2, 0.25) is 0 Å². The highest BCUT2D eigenvalue weighted by molar-refractivity contribution is 7.16. The Morgan fingerprint density at radius 1 is 1.25 bits per heavy atom. The van der Waals surface area contributed by atoms with Crippen LogP contribution in [0.3, 0.4) is 0 Å². The Hall–Kier alpha value is -1.49. The van der Waals surface area contributed by atoms with Gasteiger partial charge in [0.05, 0.1) is 0 Å². The predicted molar refractivity (Wildman–Crippen MR) is 45.3 cm³/mol. The van der Waals surface area contributed by atoms with Gasteiger partial charge in [0.2, 0.25) is 0 Å². The van der Waals surface area contributed by atoms with Crippen molar-refractivity contribution in [2.75, 3.05) is 0 Å². The van der Waals surface area contributed by atoms with E-state index in [0.29, 0.717) is 0 Å². The molecule has 0 atom stereocenters. The maximum absolute atomic E-state index is 4.14. The van der Waals surface area contributed by atoms with Gasteiger partial charge < -0.3 is 0 Å². The van der Waals surface area contributed by atoms with E-state index in [1.807, 2.05) is 16.0 Å². The van der Waals surface area contributed by atoms with Crippen molar-refractivity contribution in [2.45, 2.75) is 0 Å². The van der Waals surface area contributed by atoms with Gasteiger partial charge in [-0.15, -0.1) is 11.3 Å². The molecule has 0 bridgehead atoms. The summed E-state index contributed by atoms with van der Waals surface area (Å²) >= 11 is 1.64. The first-order valence-electron chi connectivity index (χ1n) is 3.46. The van der Waals surface area contributed by atoms with E-state index in [2.05, 4.69) is 15.0 Å². The molecule has 2 aliphatic rings. The average molecular weight is 176 g/mol. The Morgan fingerprint density at radius 3 is 3.25 bits per heavy atom. The van der Waals surface area contributed by atoms with Gasteiger partial charge in [0.15, 0.2) is 5.82 Å². The van der Waals surface area contributed by atoms with Gasteiger partial charge in [-0.2, -0.15) is 0 Å². The van der Waals surface area contributed by atoms with Crippen molar-refractivity contribution in [2.24, 2.45) is 0 Å². The van der Waals surface area contributed by atoms with Gasteiger partial charge in [-0.25, -0.2) is 15.0 Å². The Labute approximate surface area is 71.9 Å². The summed E-state index contributed by atoms with van der Waals surface area (Å²) in [6.07, 6.45) is 5.25. The molecule has 58 valence electrons. The maximum Gasteiger partial charge on any atom is 0.184 e. The van der Waals surface area contributed by atoms with Gasteiger partial charge >= 0.3 is 0 Å². The fourth-order valence-electron chi connectivity index (χ4n) is 1.18. The maximum atomic E-state index is 4.14. The third-order valence-electron chi connectivity index (χ3n) is 1.72. The molecule has 0 aromatic carbocycles. The number of thiazole rings is 1. The van der Waals surface area contributed by atoms with Crippen LogP contribution in [0.1, 0.15) is 0 Å². The SMILES string of the molecule is c1nc2ncn3ccsc3c-2n1. The fraction of sp³-hybridized carbons (Fsp3) is 0. The lowest BCUT2D eigenvalue weighted by molar-refractivity contribution is 1.08. The minimum Gasteiger partial charge on any atom is -0.296 e. The summed E-state index contributed by atoms with van der Waals surface area (Å²) in [4.78, 5) is 13.4. The molecular weight excluding hydrogens is 172 g/mol. The van der Waals surface area contributed by atoms with Crippen LogP contribution >= 0.6 is 11.3 Å². The summed E-state index contributed by atoms with van der Waals surface area (Å²) in [7, 11) is 0. The van der Waals surface area contributed by atoms with Crippen LogP contribution in [0.4, 0.5) is 0 Å². The topological polar surface area (TPSA) is 43.1 Å². The molecule has 1 aromatic rings. The summed E-state index contributed by atoms with van der Waals surface area (Å²) in [6, 6.07) is 0. The molecule has 0 aliphatic carbocycles. The molecule has 0 saturated heterocycles. The van der Waals surface area contributed by atoms with Gasteiger partial charge in [0.1, 0.15) is 23.2 Å². The zero-order valence-corrected chi connectivity index (χ0v) is 6.82. The fourth-order valence-corrected chi connectivity index (χ4v) is 1.99. The Balaban J connectivity index is 2.61. The molecule has 2 aliphatic heterocycles. The third kappa shape index (κ3) is 0.634. The van der Waals surface area contributed by atoms with Crippen LogP contribution in [-0.2, 0) is 0 Å². The van der Waals surface area contributed by atoms with E-state index in [1.165, 1.54) is 6.33 Å². The molecule has 0 saturated carbocycles. The molecule has 0 unspecified atom stereocenters. The second kappa shape index (κ2) is 2.01. The molecule has 0 radical (unpaired) electrons. The van der Waals surface area contributed by atoms with Crippen LogP contribution in [-0.4, -0.2) is 19.4 Å². The zero-order valence-electron chi connectivity index (χ0n) is 6.01. The Morgan fingerprint density at radius 2 is 2.25 bits per heavy atom. The first-order chi connectivity index (χ1) is 5.95. The largest absolute Gasteiger partial charge is 0.296 e. The molecule has 3 rings (SSSR count). The second-order valence-corrected chi connectivity index (χ2v) is 3.30. The molecule has 3 heterocycles. The van der Waals surface area contributed by atoms with E-state index in [9.17, 15) is 0 Å². The number of nitrogens with zero attached hydrogens (tertiary/aromatic N) is 4. The first-order valence-corrected chi connectivity index (χ1v) is 4.34. The van der Waals surface area contributed by atoms with Crippen molar-refractivity contribution in [1.82, 2.24) is 19.4 Å². The summed E-state index contributed by atoms with van der Waals surface area (Å²) in [5, 5.41) is 2.01. The highest BCUT2D eigenvalue weighted by Crippen LogP contribution is 2.23. The Kier molecular flexibility index (Phi) is 1.02. The van der Waals surface area contributed by atoms with Gasteiger partial charge in [-0.1, -0.05) is 0 Å². The number of hydrogen-bond donors (Lipinski definition) is 0. The Bertz CT molecular complexity index is 497. The van der Waals surface area contributed by atoms with Crippen molar-refractivity contribution in [3.63, 3.8) is 0 Å². The standard InChI is InChI=1S/C7H4N4S/c1-2-12-7-5-6(9-3-8-5)10-4-11(1)7/h1-4H. The van der Waals surface area contributed by atoms with Crippen molar-refractivity contribution in [3.05, 3.63) is 24.2 Å². The van der Waals surface area contributed by atoms with Crippen LogP contribution in [0.25, 0.3) is 16.3 Å². The molecule has 0 spiro atoms. The number of hydrogen-bond acceptors (Lipinski definition) is 4. The van der Waals surface area contributed by atoms with E-state index >= 15 is 0 Å². The lowest BCUT2D eigenvalue weighted by Gasteiger charge is -1.96. The molecule has 0 N–H and O–H groups in total. The lowest BCUT2D eigenvalue weighted by atomic mass is 10.4. The lowest BCUT2D eigenvalue weighted by Crippen LogP contribution is -1.90. The summed E-state index contributed by atoms with van der Waals surface area (Å²) in [6.45, 7) is 0. The zero-order chi connectivity index (χ0) is 7.97. The quantitative estimate of drug-likeness (QED) is 0.518. The number of aromatic nitrogens is 4. The smallest absolute Gasteiger partial charge is 0.184 e. The van der Waals surface area contributed by atoms with E-state index < -0.39 is 0 Å². The highest BCUT2D eigenvalue weighted by Gasteiger charge is 2.11. The number of rotatable bonds is 0. The van der Waals surface area contributed by atoms with Crippen LogP contribution < -0.4 is 0 Å². The van der Waals surface area contributed by atoms with E-state index in [4.69, 9.17) is 0 Å². The predicted octanol–water partition coefficient (Wildman–Crippen LogP) is 1.29. The molecule has 0 amide bonds. The van der Waals surface area contributed by atoms with E-state index in [-0.39, 0.29) is 0 Å². The summed E-state index contributed by atoms with van der Waals surface area (Å²) < 4.78 is 1.95. The monoisotopic (exact) mass is 176 g/mol. The number of imidazole rings is 1. The van der Waals surface area contributed by atoms with E-state index in [1.54, 1.807) is 17.7 Å². The van der Waals surface area contributed by atoms with E-state index in [0.717, 1.165) is 16.3 Å². The van der Waals surface area contributed by atoms with Crippen molar-refractivity contribution in [1.29, 1.82) is 0 Å². The van der Waals surface area contributed by atoms with Crippen LogP contribution in [0.15, 0.2) is 24.2 Å². The molecule has 4 nitrogen and oxygen atoms in total. The minimum atomic E-state index is 0.720. The van der Waals surface area contributed by atoms with Gasteiger partial charge in [0, 0.05) is 11.6 Å².